The fraction of sp³-hybridized carbons (Fsp3) is 0.556. The van der Waals surface area contributed by atoms with Gasteiger partial charge in [0.15, 0.2) is 0 Å². The minimum atomic E-state index is -0.479. The van der Waals surface area contributed by atoms with Crippen molar-refractivity contribution < 1.29 is 19.1 Å². The first-order valence-corrected chi connectivity index (χ1v) is 13.0. The van der Waals surface area contributed by atoms with Crippen LogP contribution in [0.1, 0.15) is 63.8 Å². The highest BCUT2D eigenvalue weighted by molar-refractivity contribution is 5.89. The van der Waals surface area contributed by atoms with E-state index in [1.165, 1.54) is 10.5 Å². The lowest BCUT2D eigenvalue weighted by atomic mass is 10.0. The number of ether oxygens (including phenoxy) is 2. The number of rotatable bonds is 7. The van der Waals surface area contributed by atoms with Gasteiger partial charge in [-0.15, -0.1) is 0 Å². The third kappa shape index (κ3) is 6.49. The molecular weight excluding hydrogens is 472 g/mol. The Bertz CT molecular complexity index is 1090. The molecule has 0 bridgehead atoms. The number of hydrogen-bond donors (Lipinski definition) is 1. The Labute approximate surface area is 218 Å². The molecule has 3 heterocycles. The summed E-state index contributed by atoms with van der Waals surface area (Å²) in [6, 6.07) is 8.89. The first-order valence-electron chi connectivity index (χ1n) is 13.0. The second-order valence-electron chi connectivity index (χ2n) is 10.4. The van der Waals surface area contributed by atoms with E-state index < -0.39 is 5.60 Å². The van der Waals surface area contributed by atoms with Gasteiger partial charge in [-0.1, -0.05) is 31.2 Å². The summed E-state index contributed by atoms with van der Waals surface area (Å²) in [5.74, 6) is 1.08. The number of nitrogens with zero attached hydrogens (tertiary/aromatic N) is 5. The number of hydrogen-bond acceptors (Lipinski definition) is 8. The number of nitrogens with one attached hydrogen (secondary N) is 1. The van der Waals surface area contributed by atoms with Crippen LogP contribution in [0.15, 0.2) is 30.5 Å². The predicted octanol–water partition coefficient (Wildman–Crippen LogP) is 4.57. The standard InChI is InChI=1S/C27H38N6O4/c1-6-22(31-12-14-32(15-13-31)25(34)37-27(3,4)5)20-10-8-19(9-11-20)16-28-24-29-17-21-18-36-26(35)33(7-2)23(21)30-24/h8-11,17,22H,6-7,12-16,18H2,1-5H3,(H,28,29,30). The van der Waals surface area contributed by atoms with Gasteiger partial charge in [0.1, 0.15) is 18.0 Å². The maximum absolute atomic E-state index is 12.4. The van der Waals surface area contributed by atoms with Gasteiger partial charge in [-0.25, -0.2) is 14.6 Å². The topological polar surface area (TPSA) is 100 Å². The summed E-state index contributed by atoms with van der Waals surface area (Å²) >= 11 is 0. The molecule has 4 rings (SSSR count). The average molecular weight is 511 g/mol. The zero-order valence-corrected chi connectivity index (χ0v) is 22.5. The van der Waals surface area contributed by atoms with E-state index >= 15 is 0 Å². The van der Waals surface area contributed by atoms with Gasteiger partial charge in [-0.2, -0.15) is 4.98 Å². The van der Waals surface area contributed by atoms with E-state index in [-0.39, 0.29) is 18.8 Å². The third-order valence-electron chi connectivity index (χ3n) is 6.59. The van der Waals surface area contributed by atoms with Crippen molar-refractivity contribution in [3.63, 3.8) is 0 Å². The number of piperazine rings is 1. The maximum Gasteiger partial charge on any atom is 0.415 e. The summed E-state index contributed by atoms with van der Waals surface area (Å²) in [4.78, 5) is 39.1. The lowest BCUT2D eigenvalue weighted by molar-refractivity contribution is 0.00997. The van der Waals surface area contributed by atoms with Crippen LogP contribution in [-0.4, -0.2) is 70.3 Å². The van der Waals surface area contributed by atoms with Crippen molar-refractivity contribution in [2.75, 3.05) is 42.9 Å². The first kappa shape index (κ1) is 26.7. The van der Waals surface area contributed by atoms with E-state index in [1.807, 2.05) is 27.7 Å². The molecule has 2 amide bonds. The normalized spacial score (nSPS) is 17.2. The lowest BCUT2D eigenvalue weighted by Gasteiger charge is -2.39. The third-order valence-corrected chi connectivity index (χ3v) is 6.59. The molecule has 0 radical (unpaired) electrons. The van der Waals surface area contributed by atoms with Crippen LogP contribution in [0.25, 0.3) is 0 Å². The average Bonchev–Trinajstić information content (AvgIpc) is 2.88. The molecule has 1 N–H and O–H groups in total. The molecule has 2 aromatic rings. The monoisotopic (exact) mass is 510 g/mol. The zero-order valence-electron chi connectivity index (χ0n) is 22.5. The molecule has 37 heavy (non-hydrogen) atoms. The molecule has 1 aromatic heterocycles. The van der Waals surface area contributed by atoms with Crippen LogP contribution >= 0.6 is 0 Å². The van der Waals surface area contributed by atoms with Crippen LogP contribution in [0.2, 0.25) is 0 Å². The van der Waals surface area contributed by atoms with Crippen LogP contribution in [-0.2, 0) is 22.6 Å². The van der Waals surface area contributed by atoms with Gasteiger partial charge in [0.25, 0.3) is 0 Å². The van der Waals surface area contributed by atoms with Crippen molar-refractivity contribution in [1.82, 2.24) is 19.8 Å². The van der Waals surface area contributed by atoms with Gasteiger partial charge in [-0.3, -0.25) is 9.80 Å². The molecule has 1 saturated heterocycles. The first-order chi connectivity index (χ1) is 17.7. The quantitative estimate of drug-likeness (QED) is 0.578. The Morgan fingerprint density at radius 2 is 1.84 bits per heavy atom. The highest BCUT2D eigenvalue weighted by Gasteiger charge is 2.29. The predicted molar refractivity (Wildman–Crippen MR) is 141 cm³/mol. The van der Waals surface area contributed by atoms with E-state index in [2.05, 4.69) is 51.4 Å². The van der Waals surface area contributed by atoms with E-state index in [0.717, 1.165) is 30.6 Å². The number of benzene rings is 1. The van der Waals surface area contributed by atoms with Gasteiger partial charge in [0.05, 0.1) is 5.56 Å². The Kier molecular flexibility index (Phi) is 8.16. The van der Waals surface area contributed by atoms with Crippen molar-refractivity contribution in [3.8, 4) is 0 Å². The van der Waals surface area contributed by atoms with Crippen LogP contribution in [0, 0.1) is 0 Å². The molecule has 2 aliphatic heterocycles. The molecular formula is C27H38N6O4. The Morgan fingerprint density at radius 1 is 1.14 bits per heavy atom. The van der Waals surface area contributed by atoms with Crippen molar-refractivity contribution in [3.05, 3.63) is 47.2 Å². The number of aromatic nitrogens is 2. The molecule has 0 saturated carbocycles. The molecule has 1 fully saturated rings. The summed E-state index contributed by atoms with van der Waals surface area (Å²) < 4.78 is 10.7. The second kappa shape index (κ2) is 11.3. The van der Waals surface area contributed by atoms with Crippen LogP contribution in [0.5, 0.6) is 0 Å². The summed E-state index contributed by atoms with van der Waals surface area (Å²) in [5.41, 5.74) is 2.70. The number of anilines is 2. The number of fused-ring (bicyclic) bond motifs is 1. The summed E-state index contributed by atoms with van der Waals surface area (Å²) in [6.07, 6.45) is 2.08. The van der Waals surface area contributed by atoms with Gasteiger partial charge < -0.3 is 19.7 Å². The minimum absolute atomic E-state index is 0.195. The summed E-state index contributed by atoms with van der Waals surface area (Å²) in [5, 5.41) is 3.27. The van der Waals surface area contributed by atoms with Crippen molar-refractivity contribution in [2.45, 2.75) is 65.8 Å². The SMILES string of the molecule is CCC(c1ccc(CNc2ncc3c(n2)N(CC)C(=O)OC3)cc1)N1CCN(C(=O)OC(C)(C)C)CC1. The van der Waals surface area contributed by atoms with Crippen LogP contribution < -0.4 is 10.2 Å². The summed E-state index contributed by atoms with van der Waals surface area (Å²) in [7, 11) is 0. The Hall–Kier alpha value is -3.40. The number of amides is 2. The molecule has 0 spiro atoms. The van der Waals surface area contributed by atoms with E-state index in [4.69, 9.17) is 9.47 Å². The molecule has 0 aliphatic carbocycles. The van der Waals surface area contributed by atoms with Gasteiger partial charge >= 0.3 is 12.2 Å². The van der Waals surface area contributed by atoms with Gasteiger partial charge in [0.2, 0.25) is 5.95 Å². The fourth-order valence-corrected chi connectivity index (χ4v) is 4.69. The van der Waals surface area contributed by atoms with Crippen molar-refractivity contribution >= 4 is 24.0 Å². The number of cyclic esters (lactones) is 1. The number of carbonyl (C=O) groups excluding carboxylic acids is 2. The van der Waals surface area contributed by atoms with E-state index in [9.17, 15) is 9.59 Å². The molecule has 1 unspecified atom stereocenters. The van der Waals surface area contributed by atoms with Crippen molar-refractivity contribution in [1.29, 1.82) is 0 Å². The van der Waals surface area contributed by atoms with Crippen LogP contribution in [0.4, 0.5) is 21.4 Å². The molecule has 1 aromatic carbocycles. The molecule has 2 aliphatic rings. The zero-order chi connectivity index (χ0) is 26.6. The highest BCUT2D eigenvalue weighted by atomic mass is 16.6. The maximum atomic E-state index is 12.4. The Balaban J connectivity index is 1.33. The number of carbonyl (C=O) groups is 2. The largest absolute Gasteiger partial charge is 0.444 e. The van der Waals surface area contributed by atoms with E-state index in [1.54, 1.807) is 11.1 Å². The minimum Gasteiger partial charge on any atom is -0.444 e. The highest BCUT2D eigenvalue weighted by Crippen LogP contribution is 2.27. The van der Waals surface area contributed by atoms with Gasteiger partial charge in [0, 0.05) is 51.5 Å². The van der Waals surface area contributed by atoms with Crippen molar-refractivity contribution in [2.24, 2.45) is 0 Å². The van der Waals surface area contributed by atoms with E-state index in [0.29, 0.717) is 44.0 Å². The van der Waals surface area contributed by atoms with Gasteiger partial charge in [-0.05, 0) is 45.2 Å². The fourth-order valence-electron chi connectivity index (χ4n) is 4.69. The molecule has 200 valence electrons. The molecule has 10 heteroatoms. The lowest BCUT2D eigenvalue weighted by Crippen LogP contribution is -2.50. The smallest absolute Gasteiger partial charge is 0.415 e. The molecule has 1 atom stereocenters. The Morgan fingerprint density at radius 3 is 2.46 bits per heavy atom. The summed E-state index contributed by atoms with van der Waals surface area (Å²) in [6.45, 7) is 14.0. The van der Waals surface area contributed by atoms with Crippen LogP contribution in [0.3, 0.4) is 0 Å². The molecule has 10 nitrogen and oxygen atoms in total. The second-order valence-corrected chi connectivity index (χ2v) is 10.4.